The summed E-state index contributed by atoms with van der Waals surface area (Å²) < 4.78 is 19.2. The fourth-order valence-corrected chi connectivity index (χ4v) is 7.09. The van der Waals surface area contributed by atoms with Crippen LogP contribution in [0, 0.1) is 0 Å². The van der Waals surface area contributed by atoms with E-state index in [-0.39, 0.29) is 0 Å². The summed E-state index contributed by atoms with van der Waals surface area (Å²) in [5.41, 5.74) is 3.75. The minimum Gasteiger partial charge on any atom is -0.398 e. The van der Waals surface area contributed by atoms with Gasteiger partial charge in [0.05, 0.1) is 0 Å². The van der Waals surface area contributed by atoms with E-state index in [1.165, 1.54) is 36.0 Å². The fraction of sp³-hybridized carbons (Fsp3) is 0.500. The van der Waals surface area contributed by atoms with Gasteiger partial charge < -0.3 is 13.6 Å². The molecule has 0 aliphatic rings. The van der Waals surface area contributed by atoms with Gasteiger partial charge in [-0.15, -0.1) is 34.0 Å². The van der Waals surface area contributed by atoms with Crippen molar-refractivity contribution >= 4 is 42.6 Å². The van der Waals surface area contributed by atoms with Crippen molar-refractivity contribution in [1.82, 2.24) is 0 Å². The van der Waals surface area contributed by atoms with E-state index in [9.17, 15) is 0 Å². The second-order valence-corrected chi connectivity index (χ2v) is 11.1. The Labute approximate surface area is 200 Å². The zero-order valence-corrected chi connectivity index (χ0v) is 22.1. The van der Waals surface area contributed by atoms with Crippen LogP contribution in [0.2, 0.25) is 0 Å². The first-order chi connectivity index (χ1) is 15.2. The van der Waals surface area contributed by atoms with Gasteiger partial charge in [0, 0.05) is 16.7 Å². The van der Waals surface area contributed by atoms with Crippen molar-refractivity contribution in [3.8, 4) is 15.2 Å². The number of thiophene rings is 3. The average Bonchev–Trinajstić information content (AvgIpc) is 3.51. The van der Waals surface area contributed by atoms with Crippen molar-refractivity contribution in [2.45, 2.75) is 78.6 Å². The van der Waals surface area contributed by atoms with Gasteiger partial charge in [-0.3, -0.25) is 0 Å². The maximum absolute atomic E-state index is 6.40. The molecule has 3 nitrogen and oxygen atoms in total. The molecule has 31 heavy (non-hydrogen) atoms. The summed E-state index contributed by atoms with van der Waals surface area (Å²) >= 11 is 4.89. The quantitative estimate of drug-likeness (QED) is 0.196. The highest BCUT2D eigenvalue weighted by atomic mass is 32.1. The lowest BCUT2D eigenvalue weighted by atomic mass is 10.1. The van der Waals surface area contributed by atoms with Crippen molar-refractivity contribution in [2.24, 2.45) is 0 Å². The van der Waals surface area contributed by atoms with Crippen molar-refractivity contribution in [2.75, 3.05) is 0 Å². The van der Waals surface area contributed by atoms with Gasteiger partial charge in [0.1, 0.15) is 0 Å². The van der Waals surface area contributed by atoms with Gasteiger partial charge >= 0.3 is 8.60 Å². The second-order valence-electron chi connectivity index (χ2n) is 7.51. The molecule has 3 aromatic heterocycles. The predicted octanol–water partition coefficient (Wildman–Crippen LogP) is 9.66. The molecule has 7 heteroatoms. The maximum atomic E-state index is 6.40. The number of rotatable bonds is 15. The second kappa shape index (κ2) is 13.5. The van der Waals surface area contributed by atoms with Crippen LogP contribution in [0.3, 0.4) is 0 Å². The van der Waals surface area contributed by atoms with Gasteiger partial charge in [0.25, 0.3) is 0 Å². The van der Waals surface area contributed by atoms with Crippen LogP contribution in [0.1, 0.15) is 76.0 Å². The van der Waals surface area contributed by atoms with Gasteiger partial charge in [0.2, 0.25) is 0 Å². The summed E-state index contributed by atoms with van der Waals surface area (Å²) in [4.78, 5) is 0. The van der Waals surface area contributed by atoms with Crippen molar-refractivity contribution < 1.29 is 13.6 Å². The minimum absolute atomic E-state index is 0.929. The summed E-state index contributed by atoms with van der Waals surface area (Å²) in [5, 5.41) is 9.09. The molecule has 0 amide bonds. The van der Waals surface area contributed by atoms with Crippen molar-refractivity contribution in [3.63, 3.8) is 0 Å². The monoisotopic (exact) mass is 496 g/mol. The molecule has 0 bridgehead atoms. The normalized spacial score (nSPS) is 11.2. The highest BCUT2D eigenvalue weighted by Gasteiger charge is 2.25. The van der Waals surface area contributed by atoms with Gasteiger partial charge in [-0.05, 0) is 72.9 Å². The summed E-state index contributed by atoms with van der Waals surface area (Å²) in [6.45, 7) is 6.65. The third-order valence-corrected chi connectivity index (χ3v) is 8.85. The first-order valence-corrected chi connectivity index (χ1v) is 15.0. The average molecular weight is 497 g/mol. The van der Waals surface area contributed by atoms with Crippen LogP contribution in [0.5, 0.6) is 15.2 Å². The minimum atomic E-state index is -1.57. The lowest BCUT2D eigenvalue weighted by Gasteiger charge is -2.18. The Kier molecular flexibility index (Phi) is 10.7. The Hall–Kier alpha value is -1.07. The largest absolute Gasteiger partial charge is 0.532 e. The lowest BCUT2D eigenvalue weighted by molar-refractivity contribution is 0.396. The van der Waals surface area contributed by atoms with Crippen LogP contribution in [0.15, 0.2) is 34.3 Å². The molecule has 0 fully saturated rings. The molecule has 3 aromatic rings. The molecule has 0 saturated carbocycles. The summed E-state index contributed by atoms with van der Waals surface area (Å²) in [6, 6.07) is 6.50. The zero-order chi connectivity index (χ0) is 21.9. The molecular formula is C24H33O3PS3. The Balaban J connectivity index is 1.78. The predicted molar refractivity (Wildman–Crippen MR) is 138 cm³/mol. The number of unbranched alkanes of at least 4 members (excludes halogenated alkanes) is 3. The van der Waals surface area contributed by atoms with Crippen LogP contribution in [0.25, 0.3) is 0 Å². The zero-order valence-electron chi connectivity index (χ0n) is 18.7. The van der Waals surface area contributed by atoms with Crippen LogP contribution < -0.4 is 13.6 Å². The van der Waals surface area contributed by atoms with Crippen molar-refractivity contribution in [1.29, 1.82) is 0 Å². The summed E-state index contributed by atoms with van der Waals surface area (Å²) in [7, 11) is -1.57. The van der Waals surface area contributed by atoms with E-state index in [0.717, 1.165) is 53.7 Å². The maximum Gasteiger partial charge on any atom is 0.532 e. The molecule has 0 saturated heterocycles. The van der Waals surface area contributed by atoms with E-state index in [1.54, 1.807) is 34.0 Å². The smallest absolute Gasteiger partial charge is 0.398 e. The Morgan fingerprint density at radius 2 is 0.903 bits per heavy atom. The van der Waals surface area contributed by atoms with E-state index in [2.05, 4.69) is 55.1 Å². The first kappa shape index (κ1) is 24.6. The topological polar surface area (TPSA) is 27.7 Å². The Morgan fingerprint density at radius 3 is 1.19 bits per heavy atom. The van der Waals surface area contributed by atoms with E-state index in [0.29, 0.717) is 0 Å². The van der Waals surface area contributed by atoms with E-state index < -0.39 is 8.60 Å². The van der Waals surface area contributed by atoms with Gasteiger partial charge in [-0.1, -0.05) is 40.0 Å². The number of hydrogen-bond donors (Lipinski definition) is 0. The van der Waals surface area contributed by atoms with E-state index >= 15 is 0 Å². The standard InChI is InChI=1S/C24H33O3PS3/c1-4-7-10-19-13-16-29-22(19)25-28(26-23-20(11-8-5-2)14-17-30-23)27-24-21(12-9-6-3)15-18-31-24/h13-18H,4-12H2,1-3H3. The lowest BCUT2D eigenvalue weighted by Crippen LogP contribution is -2.03. The first-order valence-electron chi connectivity index (χ1n) is 11.3. The number of hydrogen-bond acceptors (Lipinski definition) is 6. The van der Waals surface area contributed by atoms with E-state index in [4.69, 9.17) is 13.6 Å². The molecule has 3 rings (SSSR count). The summed E-state index contributed by atoms with van der Waals surface area (Å²) in [6.07, 6.45) is 10.1. The molecule has 0 radical (unpaired) electrons. The Morgan fingerprint density at radius 1 is 0.581 bits per heavy atom. The third-order valence-electron chi connectivity index (χ3n) is 4.99. The molecule has 0 aromatic carbocycles. The molecule has 0 aliphatic heterocycles. The molecule has 170 valence electrons. The molecule has 3 heterocycles. The highest BCUT2D eigenvalue weighted by molar-refractivity contribution is 7.44. The van der Waals surface area contributed by atoms with Crippen LogP contribution >= 0.6 is 42.6 Å². The molecule has 0 N–H and O–H groups in total. The van der Waals surface area contributed by atoms with Crippen LogP contribution in [0.4, 0.5) is 0 Å². The molecular weight excluding hydrogens is 463 g/mol. The van der Waals surface area contributed by atoms with Gasteiger partial charge in [0.15, 0.2) is 15.2 Å². The molecule has 0 spiro atoms. The molecule has 0 aliphatic carbocycles. The molecule has 0 unspecified atom stereocenters. The Bertz CT molecular complexity index is 771. The fourth-order valence-electron chi connectivity index (χ4n) is 3.12. The van der Waals surface area contributed by atoms with Crippen LogP contribution in [-0.2, 0) is 19.3 Å². The van der Waals surface area contributed by atoms with Crippen LogP contribution in [-0.4, -0.2) is 0 Å². The number of aryl methyl sites for hydroxylation is 3. The highest BCUT2D eigenvalue weighted by Crippen LogP contribution is 2.49. The van der Waals surface area contributed by atoms with Crippen molar-refractivity contribution in [3.05, 3.63) is 51.0 Å². The SMILES string of the molecule is CCCCc1ccsc1OP(Oc1sccc1CCCC)Oc1sccc1CCCC. The van der Waals surface area contributed by atoms with E-state index in [1.807, 2.05) is 0 Å². The van der Waals surface area contributed by atoms with Gasteiger partial charge in [-0.25, -0.2) is 0 Å². The molecule has 0 atom stereocenters. The van der Waals surface area contributed by atoms with Gasteiger partial charge in [-0.2, -0.15) is 0 Å². The summed E-state index contributed by atoms with van der Waals surface area (Å²) in [5.74, 6) is 0. The third kappa shape index (κ3) is 7.49.